The van der Waals surface area contributed by atoms with Crippen molar-refractivity contribution in [1.82, 2.24) is 14.5 Å². The van der Waals surface area contributed by atoms with Gasteiger partial charge in [0.2, 0.25) is 0 Å². The van der Waals surface area contributed by atoms with Crippen molar-refractivity contribution in [3.8, 4) is 5.75 Å². The quantitative estimate of drug-likeness (QED) is 0.266. The van der Waals surface area contributed by atoms with Gasteiger partial charge in [0, 0.05) is 23.5 Å². The van der Waals surface area contributed by atoms with Crippen LogP contribution in [0.15, 0.2) is 113 Å². The highest BCUT2D eigenvalue weighted by Crippen LogP contribution is 2.32. The second kappa shape index (κ2) is 11.7. The van der Waals surface area contributed by atoms with Crippen molar-refractivity contribution in [2.24, 2.45) is 4.99 Å². The van der Waals surface area contributed by atoms with Crippen molar-refractivity contribution >= 4 is 40.8 Å². The van der Waals surface area contributed by atoms with Crippen molar-refractivity contribution < 1.29 is 13.9 Å². The van der Waals surface area contributed by atoms with Crippen LogP contribution in [-0.2, 0) is 4.79 Å². The molecule has 2 N–H and O–H groups in total. The Kier molecular flexibility index (Phi) is 7.70. The predicted octanol–water partition coefficient (Wildman–Crippen LogP) is 4.02. The number of para-hydroxylation sites is 1. The zero-order chi connectivity index (χ0) is 30.1. The van der Waals surface area contributed by atoms with E-state index in [1.54, 1.807) is 51.3 Å². The van der Waals surface area contributed by atoms with Gasteiger partial charge in [-0.3, -0.25) is 19.0 Å². The number of fused-ring (bicyclic) bond motifs is 1. The molecule has 12 heteroatoms. The fourth-order valence-electron chi connectivity index (χ4n) is 4.75. The second-order valence-electron chi connectivity index (χ2n) is 9.63. The molecule has 0 radical (unpaired) electrons. The Bertz CT molecular complexity index is 2130. The fourth-order valence-corrected chi connectivity index (χ4v) is 6.58. The van der Waals surface area contributed by atoms with Crippen LogP contribution in [0.2, 0.25) is 0 Å². The number of aromatic amines is 1. The molecule has 3 aromatic heterocycles. The molecule has 0 fully saturated rings. The van der Waals surface area contributed by atoms with Crippen molar-refractivity contribution in [3.05, 3.63) is 131 Å². The lowest BCUT2D eigenvalue weighted by atomic mass is 9.95. The van der Waals surface area contributed by atoms with E-state index in [-0.39, 0.29) is 17.0 Å². The van der Waals surface area contributed by atoms with E-state index in [0.717, 1.165) is 0 Å². The summed E-state index contributed by atoms with van der Waals surface area (Å²) in [5.74, 6) is 0.686. The average Bonchev–Trinajstić information content (AvgIpc) is 3.55. The van der Waals surface area contributed by atoms with Crippen LogP contribution in [0.3, 0.4) is 0 Å². The summed E-state index contributed by atoms with van der Waals surface area (Å²) in [7, 11) is 1.57. The SMILES string of the molecule is COc1cccc([C@H]2C(C(=O)Nc3ccccc3)=C(C)N=c3s/c(=C/c4ccc(Sc5nc(C)cc(=O)[nH]5)o4)c(=O)n32)c1. The zero-order valence-corrected chi connectivity index (χ0v) is 24.9. The Labute approximate surface area is 253 Å². The Morgan fingerprint density at radius 2 is 1.91 bits per heavy atom. The minimum atomic E-state index is -0.746. The number of rotatable bonds is 7. The number of hydrogen-bond acceptors (Lipinski definition) is 9. The molecule has 1 aliphatic rings. The molecule has 5 aromatic rings. The number of anilines is 1. The molecule has 0 bridgehead atoms. The average molecular weight is 612 g/mol. The van der Waals surface area contributed by atoms with Gasteiger partial charge in [0.05, 0.1) is 29.0 Å². The van der Waals surface area contributed by atoms with Crippen molar-refractivity contribution in [1.29, 1.82) is 0 Å². The number of nitrogens with one attached hydrogen (secondary N) is 2. The first-order chi connectivity index (χ1) is 20.8. The number of aromatic nitrogens is 3. The summed E-state index contributed by atoms with van der Waals surface area (Å²) in [6, 6.07) is 20.6. The van der Waals surface area contributed by atoms with Crippen LogP contribution in [-0.4, -0.2) is 27.6 Å². The van der Waals surface area contributed by atoms with E-state index in [2.05, 4.69) is 20.3 Å². The Hall–Kier alpha value is -4.94. The molecular formula is C31H25N5O5S2. The number of nitrogens with zero attached hydrogens (tertiary/aromatic N) is 3. The van der Waals surface area contributed by atoms with E-state index >= 15 is 0 Å². The number of allylic oxidation sites excluding steroid dienone is 1. The van der Waals surface area contributed by atoms with Crippen molar-refractivity contribution in [2.45, 2.75) is 30.1 Å². The molecule has 10 nitrogen and oxygen atoms in total. The van der Waals surface area contributed by atoms with Gasteiger partial charge in [-0.25, -0.2) is 9.98 Å². The number of carbonyl (C=O) groups excluding carboxylic acids is 1. The molecule has 216 valence electrons. The first kappa shape index (κ1) is 28.2. The predicted molar refractivity (Wildman–Crippen MR) is 164 cm³/mol. The standard InChI is InChI=1S/C31H25N5O5S2/c1-17-14-24(37)35-30(32-17)43-25-13-12-22(41-25)16-23-29(39)36-27(19-8-7-11-21(15-19)40-3)26(18(2)33-31(36)42-23)28(38)34-20-9-5-4-6-10-20/h4-16,27H,1-3H3,(H,34,38)(H,32,35,37)/b23-16+/t27-/m0/s1. The van der Waals surface area contributed by atoms with Gasteiger partial charge < -0.3 is 19.5 Å². The number of amides is 1. The van der Waals surface area contributed by atoms with Crippen LogP contribution in [0.4, 0.5) is 5.69 Å². The van der Waals surface area contributed by atoms with Gasteiger partial charge in [0.1, 0.15) is 11.5 Å². The third kappa shape index (κ3) is 5.87. The lowest BCUT2D eigenvalue weighted by molar-refractivity contribution is -0.113. The minimum absolute atomic E-state index is 0.249. The number of aryl methyl sites for hydroxylation is 1. The van der Waals surface area contributed by atoms with E-state index in [4.69, 9.17) is 9.15 Å². The summed E-state index contributed by atoms with van der Waals surface area (Å²) in [5, 5.41) is 3.85. The van der Waals surface area contributed by atoms with Crippen LogP contribution in [0, 0.1) is 6.92 Å². The molecule has 4 heterocycles. The lowest BCUT2D eigenvalue weighted by Crippen LogP contribution is -2.40. The third-order valence-corrected chi connectivity index (χ3v) is 8.42. The van der Waals surface area contributed by atoms with E-state index in [1.165, 1.54) is 33.7 Å². The first-order valence-corrected chi connectivity index (χ1v) is 14.8. The summed E-state index contributed by atoms with van der Waals surface area (Å²) in [6.45, 7) is 3.51. The lowest BCUT2D eigenvalue weighted by Gasteiger charge is -2.25. The third-order valence-electron chi connectivity index (χ3n) is 6.63. The molecule has 6 rings (SSSR count). The van der Waals surface area contributed by atoms with Crippen LogP contribution >= 0.6 is 23.1 Å². The van der Waals surface area contributed by atoms with E-state index in [1.807, 2.05) is 42.5 Å². The summed E-state index contributed by atoms with van der Waals surface area (Å²) in [6.07, 6.45) is 1.64. The summed E-state index contributed by atoms with van der Waals surface area (Å²) in [4.78, 5) is 51.6. The Morgan fingerprint density at radius 1 is 1.09 bits per heavy atom. The molecule has 2 aromatic carbocycles. The molecule has 1 amide bonds. The summed E-state index contributed by atoms with van der Waals surface area (Å²) in [5.41, 5.74) is 2.22. The smallest absolute Gasteiger partial charge is 0.271 e. The highest BCUT2D eigenvalue weighted by atomic mass is 32.2. The number of methoxy groups -OCH3 is 1. The maximum absolute atomic E-state index is 14.0. The Morgan fingerprint density at radius 3 is 2.67 bits per heavy atom. The summed E-state index contributed by atoms with van der Waals surface area (Å²) < 4.78 is 13.3. The number of hydrogen-bond donors (Lipinski definition) is 2. The maximum Gasteiger partial charge on any atom is 0.271 e. The Balaban J connectivity index is 1.41. The highest BCUT2D eigenvalue weighted by Gasteiger charge is 2.32. The van der Waals surface area contributed by atoms with Gasteiger partial charge in [-0.05, 0) is 67.6 Å². The number of thiazole rings is 1. The molecule has 1 aliphatic heterocycles. The number of furan rings is 1. The van der Waals surface area contributed by atoms with Gasteiger partial charge in [0.25, 0.3) is 17.0 Å². The highest BCUT2D eigenvalue weighted by molar-refractivity contribution is 7.99. The van der Waals surface area contributed by atoms with Gasteiger partial charge in [-0.2, -0.15) is 0 Å². The normalized spacial score (nSPS) is 14.8. The molecular weight excluding hydrogens is 587 g/mol. The molecule has 0 unspecified atom stereocenters. The number of H-pyrrole nitrogens is 1. The van der Waals surface area contributed by atoms with Gasteiger partial charge in [0.15, 0.2) is 15.1 Å². The topological polar surface area (TPSA) is 132 Å². The van der Waals surface area contributed by atoms with Crippen molar-refractivity contribution in [2.75, 3.05) is 12.4 Å². The first-order valence-electron chi connectivity index (χ1n) is 13.2. The van der Waals surface area contributed by atoms with E-state index < -0.39 is 6.04 Å². The van der Waals surface area contributed by atoms with E-state index in [0.29, 0.717) is 59.3 Å². The van der Waals surface area contributed by atoms with Crippen LogP contribution < -0.4 is 30.5 Å². The monoisotopic (exact) mass is 611 g/mol. The van der Waals surface area contributed by atoms with Gasteiger partial charge >= 0.3 is 0 Å². The number of ether oxygens (including phenoxy) is 1. The number of benzene rings is 2. The van der Waals surface area contributed by atoms with Crippen LogP contribution in [0.5, 0.6) is 5.75 Å². The summed E-state index contributed by atoms with van der Waals surface area (Å²) >= 11 is 2.38. The maximum atomic E-state index is 14.0. The van der Waals surface area contributed by atoms with Crippen LogP contribution in [0.1, 0.15) is 30.0 Å². The molecule has 0 saturated carbocycles. The van der Waals surface area contributed by atoms with Crippen molar-refractivity contribution in [3.63, 3.8) is 0 Å². The van der Waals surface area contributed by atoms with Gasteiger partial charge in [-0.1, -0.05) is 41.7 Å². The molecule has 0 spiro atoms. The minimum Gasteiger partial charge on any atom is -0.497 e. The molecule has 1 atom stereocenters. The fraction of sp³-hybridized carbons (Fsp3) is 0.129. The molecule has 43 heavy (non-hydrogen) atoms. The number of carbonyl (C=O) groups is 1. The van der Waals surface area contributed by atoms with E-state index in [9.17, 15) is 14.4 Å². The van der Waals surface area contributed by atoms with Gasteiger partial charge in [-0.15, -0.1) is 0 Å². The zero-order valence-electron chi connectivity index (χ0n) is 23.3. The largest absolute Gasteiger partial charge is 0.497 e. The molecule has 0 saturated heterocycles. The molecule has 0 aliphatic carbocycles. The van der Waals surface area contributed by atoms with Crippen LogP contribution in [0.25, 0.3) is 6.08 Å². The second-order valence-corrected chi connectivity index (χ2v) is 11.6.